The van der Waals surface area contributed by atoms with Crippen molar-refractivity contribution in [2.75, 3.05) is 49.3 Å². The molecule has 8 bridgehead atoms. The molecule has 464 valence electrons. The van der Waals surface area contributed by atoms with Crippen molar-refractivity contribution in [2.45, 2.75) is 105 Å². The molecular formula is C24H64N24O20Si16. The third kappa shape index (κ3) is 19.6. The van der Waals surface area contributed by atoms with Gasteiger partial charge in [-0.15, -0.1) is 0 Å². The predicted octanol–water partition coefficient (Wildman–Crippen LogP) is 8.31. The van der Waals surface area contributed by atoms with Crippen molar-refractivity contribution in [2.24, 2.45) is 40.9 Å². The average molecular weight is 1460 g/mol. The highest BCUT2D eigenvalue weighted by Gasteiger charge is 2.92. The first-order valence-electron chi connectivity index (χ1n) is 24.7. The van der Waals surface area contributed by atoms with Gasteiger partial charge in [0.2, 0.25) is 0 Å². The van der Waals surface area contributed by atoms with E-state index in [0.29, 0.717) is 0 Å². The van der Waals surface area contributed by atoms with E-state index >= 15 is 0 Å². The van der Waals surface area contributed by atoms with E-state index in [4.69, 9.17) is 82.3 Å². The fourth-order valence-corrected chi connectivity index (χ4v) is 75.1. The topological polar surface area (TPSA) is 575 Å². The summed E-state index contributed by atoms with van der Waals surface area (Å²) in [6.45, 7) is 25.1. The summed E-state index contributed by atoms with van der Waals surface area (Å²) in [5.74, 6) is 0. The molecule has 6 aliphatic rings. The second kappa shape index (κ2) is 26.7. The van der Waals surface area contributed by atoms with Gasteiger partial charge in [-0.3, -0.25) is 0 Å². The van der Waals surface area contributed by atoms with Crippen LogP contribution in [0.4, 0.5) is 0 Å². The highest BCUT2D eigenvalue weighted by molar-refractivity contribution is 7.04. The van der Waals surface area contributed by atoms with E-state index < -0.39 is 188 Å². The minimum Gasteiger partial charge on any atom is -0.395 e. The van der Waals surface area contributed by atoms with Gasteiger partial charge in [0.1, 0.15) is 0 Å². The van der Waals surface area contributed by atoms with Crippen molar-refractivity contribution in [3.8, 4) is 0 Å². The molecule has 6 aliphatic heterocycles. The molecule has 6 fully saturated rings. The maximum atomic E-state index is 9.74. The minimum atomic E-state index is -5.96. The van der Waals surface area contributed by atoms with E-state index in [2.05, 4.69) is 80.2 Å². The van der Waals surface area contributed by atoms with Crippen molar-refractivity contribution < 1.29 is 82.3 Å². The highest BCUT2D eigenvalue weighted by Crippen LogP contribution is 2.53. The lowest BCUT2D eigenvalue weighted by Crippen LogP contribution is -2.93. The van der Waals surface area contributed by atoms with E-state index in [9.17, 15) is 44.2 Å². The van der Waals surface area contributed by atoms with Gasteiger partial charge in [-0.25, -0.2) is 0 Å². The Bertz CT molecular complexity index is 2250. The lowest BCUT2D eigenvalue weighted by atomic mass is 11.5. The molecule has 6 rings (SSSR count). The monoisotopic (exact) mass is 1460 g/mol. The summed E-state index contributed by atoms with van der Waals surface area (Å²) in [6.07, 6.45) is -3.19. The summed E-state index contributed by atoms with van der Waals surface area (Å²) in [7, 11) is -78.2. The second-order valence-electron chi connectivity index (χ2n) is 23.2. The van der Waals surface area contributed by atoms with Crippen LogP contribution in [0, 0.1) is 0 Å². The first-order valence-corrected chi connectivity index (χ1v) is 62.7. The van der Waals surface area contributed by atoms with E-state index in [1.54, 1.807) is 105 Å². The summed E-state index contributed by atoms with van der Waals surface area (Å²) in [4.78, 5) is 23.7. The molecule has 44 nitrogen and oxygen atoms in total. The van der Waals surface area contributed by atoms with E-state index in [-0.39, 0.29) is 0 Å². The third-order valence-corrected chi connectivity index (χ3v) is 67.2. The van der Waals surface area contributed by atoms with Gasteiger partial charge in [0.05, 0.1) is 0 Å². The van der Waals surface area contributed by atoms with Crippen LogP contribution < -0.4 is 0 Å². The first-order chi connectivity index (χ1) is 38.6. The normalized spacial score (nSPS) is 30.5. The largest absolute Gasteiger partial charge is 0.651 e. The Kier molecular flexibility index (Phi) is 22.8. The van der Waals surface area contributed by atoms with E-state index in [1.165, 1.54) is 0 Å². The first kappa shape index (κ1) is 71.9. The molecule has 6 heterocycles. The maximum absolute atomic E-state index is 9.74. The fourth-order valence-electron chi connectivity index (χ4n) is 7.42. The molecule has 0 saturated carbocycles. The zero-order valence-electron chi connectivity index (χ0n) is 48.6. The van der Waals surface area contributed by atoms with Gasteiger partial charge in [0.15, 0.2) is 66.5 Å². The van der Waals surface area contributed by atoms with Crippen LogP contribution in [0.15, 0.2) is 40.9 Å². The van der Waals surface area contributed by atoms with Gasteiger partial charge in [0.25, 0.3) is 0 Å². The van der Waals surface area contributed by atoms with Crippen LogP contribution in [0.25, 0.3) is 83.5 Å². The highest BCUT2D eigenvalue weighted by atomic mass is 28.7. The van der Waals surface area contributed by atoms with Crippen LogP contribution in [0.2, 0.25) is 105 Å². The number of hydrogen-bond donors (Lipinski definition) is 0. The summed E-state index contributed by atoms with van der Waals surface area (Å²) in [6, 6.07) is 0. The van der Waals surface area contributed by atoms with Crippen LogP contribution in [0.5, 0.6) is 0 Å². The number of nitrogens with zero attached hydrogens (tertiary/aromatic N) is 24. The maximum Gasteiger partial charge on any atom is 0.651 e. The molecule has 0 atom stereocenters. The van der Waals surface area contributed by atoms with Crippen LogP contribution in [-0.2, 0) is 82.3 Å². The van der Waals surface area contributed by atoms with Gasteiger partial charge < -0.3 is 82.3 Å². The molecule has 0 aromatic carbocycles. The second-order valence-corrected chi connectivity index (χ2v) is 78.2. The van der Waals surface area contributed by atoms with Crippen LogP contribution in [0.3, 0.4) is 0 Å². The molecule has 0 aromatic rings. The summed E-state index contributed by atoms with van der Waals surface area (Å²) in [5.41, 5.74) is 77.9. The summed E-state index contributed by atoms with van der Waals surface area (Å²) < 4.78 is 145. The van der Waals surface area contributed by atoms with Crippen molar-refractivity contribution in [3.05, 3.63) is 83.5 Å². The SMILES string of the molecule is C[Si](C)(CN=[N+]=[N-])O[Si]12O[Si]3(O[Si](C)(C)CN=[N+]=[N-])O[Si]4(O[Si](C)(C)CN=[N+]=[N-])O[Si](O[Si](C)(C)CN=[N+]=[N-])(O1)O[Si]1(O[Si](C)(C)CN=[N+]=[N-])O[Si](O[Si](C)(C)CN=[N+]=[N-])(O2)O[Si](O[Si](C)(C)CN=[N+]=[N-])(O3)O[Si](O[Si](C)(C)CN=[N+]=[N-])(O4)O1. The Morgan fingerprint density at radius 2 is 0.298 bits per heavy atom. The Morgan fingerprint density at radius 3 is 0.369 bits per heavy atom. The van der Waals surface area contributed by atoms with Crippen LogP contribution >= 0.6 is 0 Å². The van der Waals surface area contributed by atoms with Crippen molar-refractivity contribution in [3.63, 3.8) is 0 Å². The van der Waals surface area contributed by atoms with E-state index in [1.807, 2.05) is 0 Å². The zero-order valence-corrected chi connectivity index (χ0v) is 64.6. The van der Waals surface area contributed by atoms with Gasteiger partial charge in [-0.05, 0) is 149 Å². The zero-order chi connectivity index (χ0) is 63.1. The predicted molar refractivity (Wildman–Crippen MR) is 320 cm³/mol. The number of rotatable bonds is 32. The van der Waals surface area contributed by atoms with Gasteiger partial charge in [-0.2, -0.15) is 0 Å². The lowest BCUT2D eigenvalue weighted by molar-refractivity contribution is -0.129. The molecule has 0 unspecified atom stereocenters. The Hall–Kier alpha value is -2.85. The van der Waals surface area contributed by atoms with Crippen LogP contribution in [-0.4, -0.2) is 188 Å². The number of azide groups is 8. The number of hydrogen-bond acceptors (Lipinski definition) is 28. The molecule has 0 aromatic heterocycles. The molecule has 6 saturated heterocycles. The molecule has 0 spiro atoms. The lowest BCUT2D eigenvalue weighted by Gasteiger charge is -2.61. The molecule has 0 N–H and O–H groups in total. The quantitative estimate of drug-likeness (QED) is 0.0264. The van der Waals surface area contributed by atoms with Crippen molar-refractivity contribution in [1.29, 1.82) is 0 Å². The molecular weight excluding hydrogens is 1390 g/mol. The molecule has 0 amide bonds. The van der Waals surface area contributed by atoms with E-state index in [0.717, 1.165) is 0 Å². The standard InChI is InChI=1S/C24H64N24O20Si16/c1-69(2,17-33-41-25)49-77-57-78(50-70(3,4)18-34-42-26)60-81(53-73(9,10)21-37-45-29)62-79(58-77,51-71(5,6)19-35-43-27)64-83(55-75(13,14)23-39-47-31)65-80(59-77,52-72(7,8)20-36-44-28)63-82(61-78,54-74(11,12)22-38-46-30)67-84(66-81,68-83)56-76(15,16)24-40-48-32/h17-24H2,1-16H3. The third-order valence-electron chi connectivity index (χ3n) is 10.3. The fraction of sp³-hybridized carbons (Fsp3) is 1.00. The van der Waals surface area contributed by atoms with Gasteiger partial charge >= 0.3 is 72.4 Å². The van der Waals surface area contributed by atoms with Crippen molar-refractivity contribution >= 4 is 139 Å². The molecule has 0 aliphatic carbocycles. The molecule has 84 heavy (non-hydrogen) atoms. The van der Waals surface area contributed by atoms with Crippen LogP contribution in [0.1, 0.15) is 0 Å². The summed E-state index contributed by atoms with van der Waals surface area (Å²) >= 11 is 0. The molecule has 0 radical (unpaired) electrons. The summed E-state index contributed by atoms with van der Waals surface area (Å²) in [5, 5.41) is 30.7. The Balaban J connectivity index is 2.24. The Labute approximate surface area is 496 Å². The van der Waals surface area contributed by atoms with Gasteiger partial charge in [0, 0.05) is 88.6 Å². The molecule has 60 heteroatoms. The van der Waals surface area contributed by atoms with Gasteiger partial charge in [-0.1, -0.05) is 40.9 Å². The minimum absolute atomic E-state index is 0.398. The average Bonchev–Trinajstić information content (AvgIpc) is 3.30. The smallest absolute Gasteiger partial charge is 0.395 e. The Morgan fingerprint density at radius 1 is 0.214 bits per heavy atom. The van der Waals surface area contributed by atoms with Crippen molar-refractivity contribution in [1.82, 2.24) is 0 Å².